The van der Waals surface area contributed by atoms with Crippen molar-refractivity contribution >= 4 is 10.0 Å². The Morgan fingerprint density at radius 2 is 2.12 bits per heavy atom. The maximum absolute atomic E-state index is 12.8. The summed E-state index contributed by atoms with van der Waals surface area (Å²) in [5.41, 5.74) is 0.783. The normalized spacial score (nSPS) is 18.5. The molecule has 1 aliphatic heterocycles. The van der Waals surface area contributed by atoms with E-state index in [2.05, 4.69) is 10.2 Å². The highest BCUT2D eigenvalue weighted by molar-refractivity contribution is 7.89. The van der Waals surface area contributed by atoms with Crippen molar-refractivity contribution in [3.63, 3.8) is 0 Å². The molecule has 2 heterocycles. The van der Waals surface area contributed by atoms with Gasteiger partial charge < -0.3 is 9.47 Å². The number of sulfonamides is 1. The predicted molar refractivity (Wildman–Crippen MR) is 87.6 cm³/mol. The van der Waals surface area contributed by atoms with Gasteiger partial charge in [-0.3, -0.25) is 0 Å². The summed E-state index contributed by atoms with van der Waals surface area (Å²) in [5, 5.41) is 7.61. The molecule has 0 radical (unpaired) electrons. The molecule has 8 heteroatoms. The number of hydrogen-bond acceptors (Lipinski definition) is 6. The van der Waals surface area contributed by atoms with Gasteiger partial charge in [0.25, 0.3) is 0 Å². The molecular formula is C16H19N3O4S. The highest BCUT2D eigenvalue weighted by Gasteiger charge is 2.34. The summed E-state index contributed by atoms with van der Waals surface area (Å²) in [6, 6.07) is 8.30. The second kappa shape index (κ2) is 6.74. The van der Waals surface area contributed by atoms with Gasteiger partial charge in [0.05, 0.1) is 18.6 Å². The van der Waals surface area contributed by atoms with Gasteiger partial charge >= 0.3 is 0 Å². The largest absolute Gasteiger partial charge is 0.496 e. The molecule has 1 fully saturated rings. The number of methoxy groups -OCH3 is 1. The van der Waals surface area contributed by atoms with Gasteiger partial charge in [0.1, 0.15) is 11.9 Å². The fraction of sp³-hybridized carbons (Fsp3) is 0.375. The van der Waals surface area contributed by atoms with E-state index in [1.54, 1.807) is 43.6 Å². The Bertz CT molecular complexity index is 811. The van der Waals surface area contributed by atoms with E-state index >= 15 is 0 Å². The Hall–Kier alpha value is -2.19. The number of aromatic nitrogens is 2. The lowest BCUT2D eigenvalue weighted by Crippen LogP contribution is -2.31. The van der Waals surface area contributed by atoms with Crippen molar-refractivity contribution in [1.29, 1.82) is 0 Å². The van der Waals surface area contributed by atoms with Crippen molar-refractivity contribution < 1.29 is 17.9 Å². The highest BCUT2D eigenvalue weighted by atomic mass is 32.2. The SMILES string of the molecule is COc1ccc(S(=O)(=O)N2CCC(Oc3cccnn3)C2)cc1C. The zero-order valence-corrected chi connectivity index (χ0v) is 14.4. The number of rotatable bonds is 5. The van der Waals surface area contributed by atoms with Gasteiger partial charge in [-0.1, -0.05) is 0 Å². The average Bonchev–Trinajstić information content (AvgIpc) is 3.05. The topological polar surface area (TPSA) is 81.6 Å². The van der Waals surface area contributed by atoms with Crippen molar-refractivity contribution in [3.05, 3.63) is 42.1 Å². The van der Waals surface area contributed by atoms with E-state index in [1.165, 1.54) is 4.31 Å². The van der Waals surface area contributed by atoms with Gasteiger partial charge in [-0.05, 0) is 43.2 Å². The molecule has 0 aliphatic carbocycles. The summed E-state index contributed by atoms with van der Waals surface area (Å²) in [4.78, 5) is 0.265. The van der Waals surface area contributed by atoms with E-state index in [-0.39, 0.29) is 11.0 Å². The lowest BCUT2D eigenvalue weighted by molar-refractivity contribution is 0.204. The van der Waals surface area contributed by atoms with E-state index in [0.29, 0.717) is 31.1 Å². The smallest absolute Gasteiger partial charge is 0.243 e. The third kappa shape index (κ3) is 3.34. The van der Waals surface area contributed by atoms with Crippen molar-refractivity contribution in [2.24, 2.45) is 0 Å². The quantitative estimate of drug-likeness (QED) is 0.816. The van der Waals surface area contributed by atoms with Crippen molar-refractivity contribution in [3.8, 4) is 11.6 Å². The first-order valence-corrected chi connectivity index (χ1v) is 9.04. The Morgan fingerprint density at radius 1 is 1.29 bits per heavy atom. The van der Waals surface area contributed by atoms with E-state index < -0.39 is 10.0 Å². The van der Waals surface area contributed by atoms with Crippen LogP contribution in [0.15, 0.2) is 41.4 Å². The average molecular weight is 349 g/mol. The van der Waals surface area contributed by atoms with Gasteiger partial charge in [-0.25, -0.2) is 8.42 Å². The molecule has 7 nitrogen and oxygen atoms in total. The van der Waals surface area contributed by atoms with E-state index in [0.717, 1.165) is 5.56 Å². The summed E-state index contributed by atoms with van der Waals surface area (Å²) in [7, 11) is -1.99. The predicted octanol–water partition coefficient (Wildman–Crippen LogP) is 1.64. The first-order valence-electron chi connectivity index (χ1n) is 7.60. The number of hydrogen-bond donors (Lipinski definition) is 0. The Kier molecular flexibility index (Phi) is 4.68. The molecule has 3 rings (SSSR count). The number of benzene rings is 1. The molecule has 2 aromatic rings. The van der Waals surface area contributed by atoms with Crippen molar-refractivity contribution in [2.75, 3.05) is 20.2 Å². The van der Waals surface area contributed by atoms with Crippen molar-refractivity contribution in [1.82, 2.24) is 14.5 Å². The summed E-state index contributed by atoms with van der Waals surface area (Å²) in [6.45, 7) is 2.53. The third-order valence-corrected chi connectivity index (χ3v) is 5.81. The maximum atomic E-state index is 12.8. The first-order chi connectivity index (χ1) is 11.5. The van der Waals surface area contributed by atoms with Crippen LogP contribution in [0.2, 0.25) is 0 Å². The summed E-state index contributed by atoms with van der Waals surface area (Å²) >= 11 is 0. The molecule has 1 aromatic heterocycles. The van der Waals surface area contributed by atoms with Gasteiger partial charge in [-0.15, -0.1) is 5.10 Å². The third-order valence-electron chi connectivity index (χ3n) is 3.95. The molecule has 0 spiro atoms. The molecule has 1 saturated heterocycles. The summed E-state index contributed by atoms with van der Waals surface area (Å²) in [5.74, 6) is 1.07. The molecule has 1 aromatic carbocycles. The van der Waals surface area contributed by atoms with Crippen LogP contribution < -0.4 is 9.47 Å². The molecule has 1 aliphatic rings. The molecule has 0 bridgehead atoms. The van der Waals surface area contributed by atoms with Crippen LogP contribution in [0, 0.1) is 6.92 Å². The van der Waals surface area contributed by atoms with Crippen LogP contribution in [-0.4, -0.2) is 49.2 Å². The lowest BCUT2D eigenvalue weighted by atomic mass is 10.2. The summed E-state index contributed by atoms with van der Waals surface area (Å²) < 4.78 is 37.9. The molecule has 0 N–H and O–H groups in total. The monoisotopic (exact) mass is 349 g/mol. The number of aryl methyl sites for hydroxylation is 1. The number of nitrogens with zero attached hydrogens (tertiary/aromatic N) is 3. The lowest BCUT2D eigenvalue weighted by Gasteiger charge is -2.17. The second-order valence-electron chi connectivity index (χ2n) is 5.58. The maximum Gasteiger partial charge on any atom is 0.243 e. The molecule has 0 amide bonds. The Morgan fingerprint density at radius 3 is 2.79 bits per heavy atom. The standard InChI is InChI=1S/C16H19N3O4S/c1-12-10-14(5-6-15(12)22-2)24(20,21)19-9-7-13(11-19)23-16-4-3-8-17-18-16/h3-6,8,10,13H,7,9,11H2,1-2H3. The molecule has 1 atom stereocenters. The molecular weight excluding hydrogens is 330 g/mol. The van der Waals surface area contributed by atoms with Crippen LogP contribution in [0.4, 0.5) is 0 Å². The van der Waals surface area contributed by atoms with Crippen LogP contribution in [0.5, 0.6) is 11.6 Å². The Labute approximate surface area is 141 Å². The van der Waals surface area contributed by atoms with E-state index in [9.17, 15) is 8.42 Å². The van der Waals surface area contributed by atoms with Crippen molar-refractivity contribution in [2.45, 2.75) is 24.3 Å². The van der Waals surface area contributed by atoms with Crippen LogP contribution in [-0.2, 0) is 10.0 Å². The van der Waals surface area contributed by atoms with Gasteiger partial charge in [0, 0.05) is 18.8 Å². The first kappa shape index (κ1) is 16.7. The minimum Gasteiger partial charge on any atom is -0.496 e. The summed E-state index contributed by atoms with van der Waals surface area (Å²) in [6.07, 6.45) is 1.95. The zero-order valence-electron chi connectivity index (χ0n) is 13.5. The zero-order chi connectivity index (χ0) is 17.2. The van der Waals surface area contributed by atoms with Crippen LogP contribution in [0.1, 0.15) is 12.0 Å². The molecule has 128 valence electrons. The van der Waals surface area contributed by atoms with Gasteiger partial charge in [-0.2, -0.15) is 9.40 Å². The van der Waals surface area contributed by atoms with Gasteiger partial charge in [0.2, 0.25) is 15.9 Å². The highest BCUT2D eigenvalue weighted by Crippen LogP contribution is 2.26. The van der Waals surface area contributed by atoms with Gasteiger partial charge in [0.15, 0.2) is 0 Å². The Balaban J connectivity index is 1.73. The van der Waals surface area contributed by atoms with Crippen LogP contribution >= 0.6 is 0 Å². The molecule has 24 heavy (non-hydrogen) atoms. The second-order valence-corrected chi connectivity index (χ2v) is 7.52. The van der Waals surface area contributed by atoms with Crippen LogP contribution in [0.3, 0.4) is 0 Å². The number of ether oxygens (including phenoxy) is 2. The molecule has 0 saturated carbocycles. The fourth-order valence-corrected chi connectivity index (χ4v) is 4.27. The van der Waals surface area contributed by atoms with Crippen LogP contribution in [0.25, 0.3) is 0 Å². The van der Waals surface area contributed by atoms with E-state index in [4.69, 9.17) is 9.47 Å². The minimum atomic E-state index is -3.55. The van der Waals surface area contributed by atoms with E-state index in [1.807, 2.05) is 6.92 Å². The minimum absolute atomic E-state index is 0.226. The molecule has 1 unspecified atom stereocenters. The fourth-order valence-electron chi connectivity index (χ4n) is 2.69.